The predicted molar refractivity (Wildman–Crippen MR) is 91.5 cm³/mol. The highest BCUT2D eigenvalue weighted by Crippen LogP contribution is 2.24. The summed E-state index contributed by atoms with van der Waals surface area (Å²) in [6, 6.07) is 13.2. The number of amides is 1. The smallest absolute Gasteiger partial charge is 0.279 e. The fraction of sp³-hybridized carbons (Fsp3) is 0.235. The van der Waals surface area contributed by atoms with Gasteiger partial charge in [0.15, 0.2) is 6.54 Å². The molecule has 0 unspecified atom stereocenters. The molecule has 0 radical (unpaired) electrons. The highest BCUT2D eigenvalue weighted by molar-refractivity contribution is 6.35. The number of rotatable bonds is 5. The summed E-state index contributed by atoms with van der Waals surface area (Å²) in [6.45, 7) is 4.31. The minimum atomic E-state index is -0.0359. The van der Waals surface area contributed by atoms with Crippen LogP contribution < -0.4 is 10.6 Å². The second-order valence-electron chi connectivity index (χ2n) is 5.26. The molecule has 2 rings (SSSR count). The van der Waals surface area contributed by atoms with Crippen LogP contribution in [-0.2, 0) is 4.79 Å². The number of nitrogens with two attached hydrogens (primary N) is 1. The van der Waals surface area contributed by atoms with Crippen molar-refractivity contribution in [3.8, 4) is 0 Å². The van der Waals surface area contributed by atoms with Gasteiger partial charge in [0.2, 0.25) is 0 Å². The number of carbonyl (C=O) groups is 1. The first-order valence-electron chi connectivity index (χ1n) is 7.11. The minimum Gasteiger partial charge on any atom is -0.332 e. The number of aryl methyl sites for hydroxylation is 1. The minimum absolute atomic E-state index is 0.0359. The number of nitrogens with one attached hydrogen (secondary N) is 1. The van der Waals surface area contributed by atoms with Gasteiger partial charge in [0.05, 0.1) is 5.02 Å². The molecule has 1 atom stereocenters. The van der Waals surface area contributed by atoms with E-state index in [2.05, 4.69) is 5.32 Å². The average Bonchev–Trinajstić information content (AvgIpc) is 2.47. The second-order valence-corrected chi connectivity index (χ2v) is 6.10. The number of hydrogen-bond donors (Lipinski definition) is 2. The molecule has 0 aromatic heterocycles. The molecule has 0 bridgehead atoms. The van der Waals surface area contributed by atoms with Gasteiger partial charge in [-0.2, -0.15) is 0 Å². The lowest BCUT2D eigenvalue weighted by Crippen LogP contribution is -2.86. The molecule has 1 amide bonds. The summed E-state index contributed by atoms with van der Waals surface area (Å²) < 4.78 is 0. The number of quaternary nitrogens is 1. The van der Waals surface area contributed by atoms with Gasteiger partial charge >= 0.3 is 0 Å². The van der Waals surface area contributed by atoms with E-state index in [4.69, 9.17) is 23.2 Å². The topological polar surface area (TPSA) is 45.7 Å². The predicted octanol–water partition coefficient (Wildman–Crippen LogP) is 3.56. The third-order valence-electron chi connectivity index (χ3n) is 3.53. The molecule has 0 heterocycles. The normalized spacial score (nSPS) is 12.0. The summed E-state index contributed by atoms with van der Waals surface area (Å²) in [4.78, 5) is 12.0. The Balaban J connectivity index is 1.92. The molecule has 0 aliphatic carbocycles. The van der Waals surface area contributed by atoms with Crippen molar-refractivity contribution in [1.82, 2.24) is 0 Å². The molecule has 22 heavy (non-hydrogen) atoms. The van der Waals surface area contributed by atoms with Crippen molar-refractivity contribution in [2.75, 3.05) is 11.9 Å². The summed E-state index contributed by atoms with van der Waals surface area (Å²) in [5.41, 5.74) is 2.86. The van der Waals surface area contributed by atoms with Gasteiger partial charge in [-0.1, -0.05) is 47.5 Å². The molecule has 3 N–H and O–H groups in total. The summed E-state index contributed by atoms with van der Waals surface area (Å²) in [5.74, 6) is -0.0359. The van der Waals surface area contributed by atoms with Crippen LogP contribution in [0, 0.1) is 6.92 Å². The standard InChI is InChI=1S/C17H18Cl2N2O/c1-11-5-3-4-6-16(11)21-17(22)10-20-12(2)14-8-7-13(18)9-15(14)19/h3-9,12,20H,10H2,1-2H3,(H,21,22)/p+1/t12-/m0/s1. The lowest BCUT2D eigenvalue weighted by molar-refractivity contribution is -0.682. The monoisotopic (exact) mass is 337 g/mol. The first kappa shape index (κ1) is 16.8. The van der Waals surface area contributed by atoms with Gasteiger partial charge in [-0.3, -0.25) is 4.79 Å². The SMILES string of the molecule is Cc1ccccc1NC(=O)C[NH2+][C@@H](C)c1ccc(Cl)cc1Cl. The Morgan fingerprint density at radius 1 is 1.23 bits per heavy atom. The van der Waals surface area contributed by atoms with Crippen LogP contribution in [0.25, 0.3) is 0 Å². The van der Waals surface area contributed by atoms with Crippen LogP contribution >= 0.6 is 23.2 Å². The van der Waals surface area contributed by atoms with Gasteiger partial charge in [0, 0.05) is 16.3 Å². The maximum Gasteiger partial charge on any atom is 0.279 e. The molecule has 0 saturated carbocycles. The van der Waals surface area contributed by atoms with Gasteiger partial charge in [-0.05, 0) is 37.6 Å². The van der Waals surface area contributed by atoms with Crippen molar-refractivity contribution in [2.24, 2.45) is 0 Å². The third-order valence-corrected chi connectivity index (χ3v) is 4.09. The highest BCUT2D eigenvalue weighted by atomic mass is 35.5. The van der Waals surface area contributed by atoms with Gasteiger partial charge < -0.3 is 10.6 Å². The van der Waals surface area contributed by atoms with E-state index in [9.17, 15) is 4.79 Å². The quantitative estimate of drug-likeness (QED) is 0.860. The third kappa shape index (κ3) is 4.47. The maximum absolute atomic E-state index is 12.0. The number of carbonyl (C=O) groups excluding carboxylic acids is 1. The molecular formula is C17H19Cl2N2O+. The van der Waals surface area contributed by atoms with Crippen LogP contribution in [0.4, 0.5) is 5.69 Å². The zero-order chi connectivity index (χ0) is 16.1. The Kier molecular flexibility index (Phi) is 5.83. The molecule has 5 heteroatoms. The second kappa shape index (κ2) is 7.63. The lowest BCUT2D eigenvalue weighted by Gasteiger charge is -2.13. The summed E-state index contributed by atoms with van der Waals surface area (Å²) in [7, 11) is 0. The van der Waals surface area contributed by atoms with E-state index in [1.165, 1.54) is 0 Å². The van der Waals surface area contributed by atoms with Gasteiger partial charge in [0.1, 0.15) is 6.04 Å². The molecular weight excluding hydrogens is 319 g/mol. The number of halogens is 2. The van der Waals surface area contributed by atoms with E-state index in [1.54, 1.807) is 12.1 Å². The summed E-state index contributed by atoms with van der Waals surface area (Å²) in [6.07, 6.45) is 0. The lowest BCUT2D eigenvalue weighted by atomic mass is 10.1. The Morgan fingerprint density at radius 3 is 2.64 bits per heavy atom. The molecule has 0 spiro atoms. The first-order chi connectivity index (χ1) is 10.5. The van der Waals surface area contributed by atoms with E-state index in [0.29, 0.717) is 16.6 Å². The Morgan fingerprint density at radius 2 is 1.95 bits per heavy atom. The number of para-hydroxylation sites is 1. The van der Waals surface area contributed by atoms with Crippen LogP contribution in [-0.4, -0.2) is 12.5 Å². The van der Waals surface area contributed by atoms with E-state index in [0.717, 1.165) is 16.8 Å². The van der Waals surface area contributed by atoms with Gasteiger partial charge in [0.25, 0.3) is 5.91 Å². The Bertz CT molecular complexity index is 673. The van der Waals surface area contributed by atoms with Crippen molar-refractivity contribution in [3.63, 3.8) is 0 Å². The van der Waals surface area contributed by atoms with Crippen molar-refractivity contribution in [2.45, 2.75) is 19.9 Å². The largest absolute Gasteiger partial charge is 0.332 e. The van der Waals surface area contributed by atoms with Crippen molar-refractivity contribution in [1.29, 1.82) is 0 Å². The molecule has 2 aromatic carbocycles. The van der Waals surface area contributed by atoms with Crippen LogP contribution in [0.5, 0.6) is 0 Å². The number of hydrogen-bond acceptors (Lipinski definition) is 1. The molecule has 0 aliphatic rings. The van der Waals surface area contributed by atoms with Gasteiger partial charge in [-0.25, -0.2) is 0 Å². The van der Waals surface area contributed by atoms with Crippen LogP contribution in [0.2, 0.25) is 10.0 Å². The van der Waals surface area contributed by atoms with Crippen LogP contribution in [0.1, 0.15) is 24.1 Å². The summed E-state index contributed by atoms with van der Waals surface area (Å²) >= 11 is 12.1. The molecule has 0 saturated heterocycles. The number of anilines is 1. The van der Waals surface area contributed by atoms with Crippen molar-refractivity contribution < 1.29 is 10.1 Å². The molecule has 0 aliphatic heterocycles. The van der Waals surface area contributed by atoms with Gasteiger partial charge in [-0.15, -0.1) is 0 Å². The average molecular weight is 338 g/mol. The Labute approximate surface area is 140 Å². The fourth-order valence-electron chi connectivity index (χ4n) is 2.20. The maximum atomic E-state index is 12.0. The molecule has 3 nitrogen and oxygen atoms in total. The van der Waals surface area contributed by atoms with Crippen molar-refractivity contribution >= 4 is 34.8 Å². The van der Waals surface area contributed by atoms with E-state index in [1.807, 2.05) is 49.5 Å². The molecule has 116 valence electrons. The van der Waals surface area contributed by atoms with E-state index < -0.39 is 0 Å². The first-order valence-corrected chi connectivity index (χ1v) is 7.86. The van der Waals surface area contributed by atoms with E-state index in [-0.39, 0.29) is 11.9 Å². The Hall–Kier alpha value is -1.55. The van der Waals surface area contributed by atoms with Crippen molar-refractivity contribution in [3.05, 3.63) is 63.6 Å². The molecule has 2 aromatic rings. The van der Waals surface area contributed by atoms with E-state index >= 15 is 0 Å². The highest BCUT2D eigenvalue weighted by Gasteiger charge is 2.15. The zero-order valence-electron chi connectivity index (χ0n) is 12.6. The number of benzene rings is 2. The molecule has 0 fully saturated rings. The summed E-state index contributed by atoms with van der Waals surface area (Å²) in [5, 5.41) is 6.09. The van der Waals surface area contributed by atoms with Crippen LogP contribution in [0.15, 0.2) is 42.5 Å². The fourth-order valence-corrected chi connectivity index (χ4v) is 2.78. The zero-order valence-corrected chi connectivity index (χ0v) is 14.1. The van der Waals surface area contributed by atoms with Crippen LogP contribution in [0.3, 0.4) is 0 Å².